The van der Waals surface area contributed by atoms with Crippen molar-refractivity contribution in [3.05, 3.63) is 46.3 Å². The zero-order valence-corrected chi connectivity index (χ0v) is 21.2. The van der Waals surface area contributed by atoms with Crippen LogP contribution in [-0.4, -0.2) is 47.5 Å². The number of benzene rings is 1. The number of guanidine groups is 1. The monoisotopic (exact) mass is 552 g/mol. The second kappa shape index (κ2) is 12.4. The first-order chi connectivity index (χ1) is 13.7. The number of aliphatic imine (C=N–C) groups is 1. The Labute approximate surface area is 199 Å². The van der Waals surface area contributed by atoms with Gasteiger partial charge >= 0.3 is 0 Å². The molecule has 0 aliphatic heterocycles. The van der Waals surface area contributed by atoms with Crippen LogP contribution in [0, 0.1) is 12.7 Å². The molecule has 0 atom stereocenters. The first-order valence-corrected chi connectivity index (χ1v) is 9.94. The van der Waals surface area contributed by atoms with Crippen LogP contribution in [0.25, 0.3) is 0 Å². The number of rotatable bonds is 9. The topological polar surface area (TPSA) is 76.4 Å². The minimum Gasteiger partial charge on any atom is -0.385 e. The van der Waals surface area contributed by atoms with Crippen molar-refractivity contribution in [3.8, 4) is 0 Å². The highest BCUT2D eigenvalue weighted by Crippen LogP contribution is 2.29. The third kappa shape index (κ3) is 7.66. The van der Waals surface area contributed by atoms with Gasteiger partial charge in [0.15, 0.2) is 11.8 Å². The number of ether oxygens (including phenoxy) is 1. The molecule has 0 saturated heterocycles. The van der Waals surface area contributed by atoms with Gasteiger partial charge < -0.3 is 19.9 Å². The molecule has 0 aliphatic rings. The van der Waals surface area contributed by atoms with E-state index in [9.17, 15) is 4.39 Å². The van der Waals surface area contributed by atoms with E-state index in [0.29, 0.717) is 30.7 Å². The van der Waals surface area contributed by atoms with E-state index in [1.54, 1.807) is 13.2 Å². The van der Waals surface area contributed by atoms with Crippen LogP contribution in [0.1, 0.15) is 37.5 Å². The molecule has 2 N–H and O–H groups in total. The third-order valence-corrected chi connectivity index (χ3v) is 5.05. The lowest BCUT2D eigenvalue weighted by atomic mass is 9.84. The number of nitrogens with one attached hydrogen (secondary N) is 2. The fourth-order valence-corrected chi connectivity index (χ4v) is 3.20. The summed E-state index contributed by atoms with van der Waals surface area (Å²) in [5, 5.41) is 15.3. The summed E-state index contributed by atoms with van der Waals surface area (Å²) in [7, 11) is 3.59. The molecule has 0 amide bonds. The molecule has 0 saturated carbocycles. The quantitative estimate of drug-likeness (QED) is 0.215. The Morgan fingerprint density at radius 3 is 2.63 bits per heavy atom. The van der Waals surface area contributed by atoms with E-state index < -0.39 is 0 Å². The summed E-state index contributed by atoms with van der Waals surface area (Å²) in [6.07, 6.45) is 0.855. The number of hydrogen-bond acceptors (Lipinski definition) is 4. The molecule has 168 valence electrons. The van der Waals surface area contributed by atoms with Gasteiger partial charge in [-0.2, -0.15) is 0 Å². The number of aromatic nitrogens is 3. The number of methoxy groups -OCH3 is 1. The first-order valence-electron chi connectivity index (χ1n) is 9.56. The summed E-state index contributed by atoms with van der Waals surface area (Å²) in [5.74, 6) is 1.93. The van der Waals surface area contributed by atoms with Crippen molar-refractivity contribution in [2.45, 2.75) is 39.2 Å². The van der Waals surface area contributed by atoms with E-state index in [2.05, 4.69) is 25.8 Å². The predicted molar refractivity (Wildman–Crippen MR) is 129 cm³/mol. The highest BCUT2D eigenvalue weighted by molar-refractivity contribution is 14.0. The van der Waals surface area contributed by atoms with Crippen LogP contribution in [0.15, 0.2) is 23.2 Å². The summed E-state index contributed by atoms with van der Waals surface area (Å²) in [5.41, 5.74) is 0.539. The van der Waals surface area contributed by atoms with Gasteiger partial charge in [-0.3, -0.25) is 0 Å². The lowest BCUT2D eigenvalue weighted by molar-refractivity contribution is 0.195. The van der Waals surface area contributed by atoms with Crippen LogP contribution in [0.4, 0.5) is 4.39 Å². The van der Waals surface area contributed by atoms with Crippen molar-refractivity contribution in [3.63, 3.8) is 0 Å². The molecule has 0 unspecified atom stereocenters. The van der Waals surface area contributed by atoms with Gasteiger partial charge in [-0.05, 0) is 31.0 Å². The molecule has 1 heterocycles. The number of aryl methyl sites for hydroxylation is 1. The molecule has 0 spiro atoms. The van der Waals surface area contributed by atoms with Crippen molar-refractivity contribution < 1.29 is 9.13 Å². The Hall–Kier alpha value is -1.46. The maximum Gasteiger partial charge on any atom is 0.191 e. The van der Waals surface area contributed by atoms with E-state index in [1.165, 1.54) is 12.1 Å². The normalized spacial score (nSPS) is 11.9. The summed E-state index contributed by atoms with van der Waals surface area (Å²) in [4.78, 5) is 4.64. The number of nitrogens with zero attached hydrogens (tertiary/aromatic N) is 4. The van der Waals surface area contributed by atoms with Gasteiger partial charge in [-0.1, -0.05) is 31.5 Å². The van der Waals surface area contributed by atoms with E-state index >= 15 is 0 Å². The fourth-order valence-electron chi connectivity index (χ4n) is 2.77. The van der Waals surface area contributed by atoms with Gasteiger partial charge in [0.2, 0.25) is 0 Å². The van der Waals surface area contributed by atoms with Crippen LogP contribution >= 0.6 is 35.6 Å². The molecule has 30 heavy (non-hydrogen) atoms. The molecular weight excluding hydrogens is 522 g/mol. The zero-order chi connectivity index (χ0) is 21.4. The molecule has 10 heteroatoms. The summed E-state index contributed by atoms with van der Waals surface area (Å²) in [6.45, 7) is 8.34. The highest BCUT2D eigenvalue weighted by atomic mass is 127. The standard InChI is InChI=1S/C20H30ClFN6O.HI/c1-14-26-27-18(28(14)4)12-24-19(23-9-6-10-29-5)25-13-20(2,3)16-8-7-15(22)11-17(16)21;/h7-8,11H,6,9-10,12-13H2,1-5H3,(H2,23,24,25);1H. The smallest absolute Gasteiger partial charge is 0.191 e. The summed E-state index contributed by atoms with van der Waals surface area (Å²) in [6, 6.07) is 4.49. The lowest BCUT2D eigenvalue weighted by Gasteiger charge is -2.28. The first kappa shape index (κ1) is 26.6. The minimum absolute atomic E-state index is 0. The Morgan fingerprint density at radius 1 is 1.30 bits per heavy atom. The second-order valence-corrected chi connectivity index (χ2v) is 7.93. The Bertz CT molecular complexity index is 843. The van der Waals surface area contributed by atoms with Crippen molar-refractivity contribution in [2.24, 2.45) is 12.0 Å². The highest BCUT2D eigenvalue weighted by Gasteiger charge is 2.24. The van der Waals surface area contributed by atoms with Crippen LogP contribution in [-0.2, 0) is 23.7 Å². The molecule has 0 radical (unpaired) electrons. The molecule has 2 aromatic rings. The van der Waals surface area contributed by atoms with Crippen LogP contribution in [0.3, 0.4) is 0 Å². The van der Waals surface area contributed by atoms with Crippen molar-refractivity contribution >= 4 is 41.5 Å². The van der Waals surface area contributed by atoms with Crippen molar-refractivity contribution in [1.82, 2.24) is 25.4 Å². The predicted octanol–water partition coefficient (Wildman–Crippen LogP) is 3.58. The maximum atomic E-state index is 13.4. The zero-order valence-electron chi connectivity index (χ0n) is 18.1. The van der Waals surface area contributed by atoms with E-state index in [-0.39, 0.29) is 35.2 Å². The molecule has 1 aromatic heterocycles. The third-order valence-electron chi connectivity index (χ3n) is 4.74. The van der Waals surface area contributed by atoms with E-state index in [1.807, 2.05) is 32.4 Å². The van der Waals surface area contributed by atoms with Gasteiger partial charge in [0, 0.05) is 44.3 Å². The molecule has 2 rings (SSSR count). The van der Waals surface area contributed by atoms with E-state index in [4.69, 9.17) is 16.3 Å². The molecule has 0 fully saturated rings. The van der Waals surface area contributed by atoms with E-state index in [0.717, 1.165) is 30.2 Å². The fraction of sp³-hybridized carbons (Fsp3) is 0.550. The van der Waals surface area contributed by atoms with Crippen LogP contribution < -0.4 is 10.6 Å². The SMILES string of the molecule is COCCCNC(=NCc1nnc(C)n1C)NCC(C)(C)c1ccc(F)cc1Cl.I. The molecular formula is C20H31ClFIN6O. The largest absolute Gasteiger partial charge is 0.385 e. The second-order valence-electron chi connectivity index (χ2n) is 7.52. The molecule has 0 bridgehead atoms. The van der Waals surface area contributed by atoms with Gasteiger partial charge in [0.1, 0.15) is 18.2 Å². The van der Waals surface area contributed by atoms with Gasteiger partial charge in [0.25, 0.3) is 0 Å². The van der Waals surface area contributed by atoms with Crippen molar-refractivity contribution in [2.75, 3.05) is 26.8 Å². The minimum atomic E-state index is -0.344. The Balaban J connectivity index is 0.00000450. The average Bonchev–Trinajstić information content (AvgIpc) is 2.98. The number of hydrogen-bond donors (Lipinski definition) is 2. The molecule has 1 aromatic carbocycles. The Morgan fingerprint density at radius 2 is 2.03 bits per heavy atom. The summed E-state index contributed by atoms with van der Waals surface area (Å²) < 4.78 is 20.4. The maximum absolute atomic E-state index is 13.4. The van der Waals surface area contributed by atoms with Gasteiger partial charge in [-0.25, -0.2) is 9.38 Å². The van der Waals surface area contributed by atoms with Crippen LogP contribution in [0.5, 0.6) is 0 Å². The Kier molecular flexibility index (Phi) is 11.0. The van der Waals surface area contributed by atoms with Crippen LogP contribution in [0.2, 0.25) is 5.02 Å². The molecule has 7 nitrogen and oxygen atoms in total. The lowest BCUT2D eigenvalue weighted by Crippen LogP contribution is -2.44. The van der Waals surface area contributed by atoms with Crippen molar-refractivity contribution in [1.29, 1.82) is 0 Å². The number of halogens is 3. The average molecular weight is 553 g/mol. The molecule has 0 aliphatic carbocycles. The summed E-state index contributed by atoms with van der Waals surface area (Å²) >= 11 is 6.26. The van der Waals surface area contributed by atoms with Gasteiger partial charge in [-0.15, -0.1) is 34.2 Å². The van der Waals surface area contributed by atoms with Gasteiger partial charge in [0.05, 0.1) is 0 Å².